The van der Waals surface area contributed by atoms with Crippen LogP contribution in [-0.4, -0.2) is 37.3 Å². The molecule has 0 saturated carbocycles. The molecular formula is C16H29N3OS. The maximum atomic E-state index is 5.51. The van der Waals surface area contributed by atoms with Crippen molar-refractivity contribution in [1.29, 1.82) is 0 Å². The SMILES string of the molecule is CC(C)NCc1sc(N(C)C2CCOC2)nc1C(C)(C)C. The Labute approximate surface area is 132 Å². The third-order valence-corrected chi connectivity index (χ3v) is 4.97. The van der Waals surface area contributed by atoms with Crippen LogP contribution in [0, 0.1) is 0 Å². The molecule has 1 saturated heterocycles. The van der Waals surface area contributed by atoms with Crippen LogP contribution in [0.15, 0.2) is 0 Å². The average molecular weight is 311 g/mol. The fraction of sp³-hybridized carbons (Fsp3) is 0.812. The molecule has 0 aromatic carbocycles. The van der Waals surface area contributed by atoms with Crippen LogP contribution in [0.2, 0.25) is 0 Å². The monoisotopic (exact) mass is 311 g/mol. The Bertz CT molecular complexity index is 459. The van der Waals surface area contributed by atoms with Crippen LogP contribution in [0.3, 0.4) is 0 Å². The zero-order valence-corrected chi connectivity index (χ0v) is 15.0. The second-order valence-electron chi connectivity index (χ2n) is 7.18. The van der Waals surface area contributed by atoms with Gasteiger partial charge >= 0.3 is 0 Å². The van der Waals surface area contributed by atoms with Gasteiger partial charge in [-0.2, -0.15) is 0 Å². The smallest absolute Gasteiger partial charge is 0.185 e. The molecule has 0 spiro atoms. The van der Waals surface area contributed by atoms with E-state index in [4.69, 9.17) is 9.72 Å². The van der Waals surface area contributed by atoms with Gasteiger partial charge in [-0.1, -0.05) is 34.6 Å². The highest BCUT2D eigenvalue weighted by Gasteiger charge is 2.27. The quantitative estimate of drug-likeness (QED) is 0.906. The maximum absolute atomic E-state index is 5.51. The molecule has 0 bridgehead atoms. The summed E-state index contributed by atoms with van der Waals surface area (Å²) >= 11 is 1.82. The minimum atomic E-state index is 0.0791. The Balaban J connectivity index is 2.22. The molecule has 0 radical (unpaired) electrons. The summed E-state index contributed by atoms with van der Waals surface area (Å²) in [6, 6.07) is 0.958. The van der Waals surface area contributed by atoms with Gasteiger partial charge in [0.1, 0.15) is 0 Å². The van der Waals surface area contributed by atoms with E-state index in [1.165, 1.54) is 10.6 Å². The number of nitrogens with one attached hydrogen (secondary N) is 1. The lowest BCUT2D eigenvalue weighted by Gasteiger charge is -2.22. The van der Waals surface area contributed by atoms with Gasteiger partial charge in [-0.05, 0) is 6.42 Å². The van der Waals surface area contributed by atoms with E-state index < -0.39 is 0 Å². The van der Waals surface area contributed by atoms with E-state index in [2.05, 4.69) is 51.9 Å². The number of thiazole rings is 1. The molecule has 1 aromatic rings. The molecule has 1 atom stereocenters. The van der Waals surface area contributed by atoms with Gasteiger partial charge in [-0.15, -0.1) is 11.3 Å². The molecule has 1 fully saturated rings. The minimum absolute atomic E-state index is 0.0791. The molecule has 2 heterocycles. The van der Waals surface area contributed by atoms with E-state index in [1.54, 1.807) is 0 Å². The van der Waals surface area contributed by atoms with Crippen molar-refractivity contribution in [2.45, 2.75) is 65.1 Å². The Hall–Kier alpha value is -0.650. The molecule has 0 aliphatic carbocycles. The van der Waals surface area contributed by atoms with Gasteiger partial charge in [0.2, 0.25) is 0 Å². The van der Waals surface area contributed by atoms with Gasteiger partial charge in [0.25, 0.3) is 0 Å². The summed E-state index contributed by atoms with van der Waals surface area (Å²) in [5, 5.41) is 4.64. The summed E-state index contributed by atoms with van der Waals surface area (Å²) in [6.45, 7) is 13.7. The number of rotatable bonds is 5. The second-order valence-corrected chi connectivity index (χ2v) is 8.24. The van der Waals surface area contributed by atoms with Crippen molar-refractivity contribution < 1.29 is 4.74 Å². The molecule has 1 aliphatic rings. The number of ether oxygens (including phenoxy) is 1. The molecule has 1 aliphatic heterocycles. The molecule has 21 heavy (non-hydrogen) atoms. The number of hydrogen-bond acceptors (Lipinski definition) is 5. The lowest BCUT2D eigenvalue weighted by atomic mass is 9.91. The summed E-state index contributed by atoms with van der Waals surface area (Å²) in [6.07, 6.45) is 1.10. The van der Waals surface area contributed by atoms with Crippen molar-refractivity contribution in [1.82, 2.24) is 10.3 Å². The molecule has 1 aromatic heterocycles. The van der Waals surface area contributed by atoms with E-state index in [0.717, 1.165) is 31.3 Å². The minimum Gasteiger partial charge on any atom is -0.379 e. The van der Waals surface area contributed by atoms with Crippen molar-refractivity contribution >= 4 is 16.5 Å². The number of anilines is 1. The van der Waals surface area contributed by atoms with Crippen LogP contribution >= 0.6 is 11.3 Å². The Morgan fingerprint density at radius 2 is 2.14 bits per heavy atom. The normalized spacial score (nSPS) is 19.5. The van der Waals surface area contributed by atoms with E-state index >= 15 is 0 Å². The van der Waals surface area contributed by atoms with Crippen molar-refractivity contribution in [3.63, 3.8) is 0 Å². The highest BCUT2D eigenvalue weighted by molar-refractivity contribution is 7.15. The number of aromatic nitrogens is 1. The van der Waals surface area contributed by atoms with Crippen LogP contribution < -0.4 is 10.2 Å². The molecule has 120 valence electrons. The fourth-order valence-corrected chi connectivity index (χ4v) is 3.73. The second kappa shape index (κ2) is 6.63. The maximum Gasteiger partial charge on any atom is 0.185 e. The Morgan fingerprint density at radius 1 is 1.43 bits per heavy atom. The highest BCUT2D eigenvalue weighted by atomic mass is 32.1. The molecule has 1 N–H and O–H groups in total. The number of hydrogen-bond donors (Lipinski definition) is 1. The topological polar surface area (TPSA) is 37.4 Å². The van der Waals surface area contributed by atoms with E-state index in [-0.39, 0.29) is 5.41 Å². The third kappa shape index (κ3) is 4.18. The molecule has 5 heteroatoms. The summed E-state index contributed by atoms with van der Waals surface area (Å²) in [5.74, 6) is 0. The summed E-state index contributed by atoms with van der Waals surface area (Å²) < 4.78 is 5.51. The average Bonchev–Trinajstić information content (AvgIpc) is 3.04. The number of likely N-dealkylation sites (N-methyl/N-ethyl adjacent to an activating group) is 1. The van der Waals surface area contributed by atoms with Crippen molar-refractivity contribution in [3.8, 4) is 0 Å². The van der Waals surface area contributed by atoms with Crippen molar-refractivity contribution in [2.24, 2.45) is 0 Å². The predicted octanol–water partition coefficient (Wildman–Crippen LogP) is 3.16. The lowest BCUT2D eigenvalue weighted by molar-refractivity contribution is 0.193. The zero-order valence-electron chi connectivity index (χ0n) is 14.2. The van der Waals surface area contributed by atoms with Gasteiger partial charge in [0.15, 0.2) is 5.13 Å². The van der Waals surface area contributed by atoms with Crippen LogP contribution in [0.4, 0.5) is 5.13 Å². The molecular weight excluding hydrogens is 282 g/mol. The molecule has 0 amide bonds. The van der Waals surface area contributed by atoms with E-state index in [0.29, 0.717) is 12.1 Å². The summed E-state index contributed by atoms with van der Waals surface area (Å²) in [4.78, 5) is 8.61. The molecule has 1 unspecified atom stereocenters. The standard InChI is InChI=1S/C16H29N3OS/c1-11(2)17-9-13-14(16(3,4)5)18-15(21-13)19(6)12-7-8-20-10-12/h11-12,17H,7-10H2,1-6H3. The van der Waals surface area contributed by atoms with Crippen LogP contribution in [0.5, 0.6) is 0 Å². The summed E-state index contributed by atoms with van der Waals surface area (Å²) in [5.41, 5.74) is 1.30. The van der Waals surface area contributed by atoms with Crippen molar-refractivity contribution in [3.05, 3.63) is 10.6 Å². The molecule has 2 rings (SSSR count). The van der Waals surface area contributed by atoms with Crippen LogP contribution in [0.1, 0.15) is 51.6 Å². The number of nitrogens with zero attached hydrogens (tertiary/aromatic N) is 2. The predicted molar refractivity (Wildman–Crippen MR) is 90.4 cm³/mol. The Kier molecular flexibility index (Phi) is 5.28. The van der Waals surface area contributed by atoms with Gasteiger partial charge in [0, 0.05) is 36.5 Å². The van der Waals surface area contributed by atoms with Gasteiger partial charge < -0.3 is 15.0 Å². The first-order chi connectivity index (χ1) is 9.79. The van der Waals surface area contributed by atoms with Crippen LogP contribution in [0.25, 0.3) is 0 Å². The highest BCUT2D eigenvalue weighted by Crippen LogP contribution is 2.34. The van der Waals surface area contributed by atoms with Gasteiger partial charge in [-0.3, -0.25) is 0 Å². The van der Waals surface area contributed by atoms with Gasteiger partial charge in [0.05, 0.1) is 18.3 Å². The largest absolute Gasteiger partial charge is 0.379 e. The first-order valence-corrected chi connectivity index (χ1v) is 8.65. The summed E-state index contributed by atoms with van der Waals surface area (Å²) in [7, 11) is 2.14. The fourth-order valence-electron chi connectivity index (χ4n) is 2.48. The first-order valence-electron chi connectivity index (χ1n) is 7.83. The Morgan fingerprint density at radius 3 is 2.67 bits per heavy atom. The zero-order chi connectivity index (χ0) is 15.6. The van der Waals surface area contributed by atoms with E-state index in [9.17, 15) is 0 Å². The van der Waals surface area contributed by atoms with Crippen molar-refractivity contribution in [2.75, 3.05) is 25.2 Å². The molecule has 4 nitrogen and oxygen atoms in total. The third-order valence-electron chi connectivity index (χ3n) is 3.82. The van der Waals surface area contributed by atoms with Crippen LogP contribution in [-0.2, 0) is 16.7 Å². The van der Waals surface area contributed by atoms with E-state index in [1.807, 2.05) is 11.3 Å². The van der Waals surface area contributed by atoms with Gasteiger partial charge in [-0.25, -0.2) is 4.98 Å². The lowest BCUT2D eigenvalue weighted by Crippen LogP contribution is -2.31. The first kappa shape index (κ1) is 16.7.